The Labute approximate surface area is 178 Å². The van der Waals surface area contributed by atoms with E-state index in [4.69, 9.17) is 0 Å². The third kappa shape index (κ3) is 4.17. The van der Waals surface area contributed by atoms with E-state index < -0.39 is 11.2 Å². The highest BCUT2D eigenvalue weighted by molar-refractivity contribution is 5.72. The Hall–Kier alpha value is -4.35. The van der Waals surface area contributed by atoms with Gasteiger partial charge in [0.1, 0.15) is 5.82 Å². The van der Waals surface area contributed by atoms with Crippen molar-refractivity contribution >= 4 is 5.82 Å². The molecule has 0 aliphatic rings. The first-order valence-corrected chi connectivity index (χ1v) is 9.75. The van der Waals surface area contributed by atoms with Crippen LogP contribution in [0.15, 0.2) is 106 Å². The van der Waals surface area contributed by atoms with Gasteiger partial charge in [-0.1, -0.05) is 91.0 Å². The van der Waals surface area contributed by atoms with Gasteiger partial charge in [0.25, 0.3) is 5.56 Å². The van der Waals surface area contributed by atoms with Gasteiger partial charge in [-0.15, -0.1) is 0 Å². The first kappa shape index (κ1) is 19.9. The summed E-state index contributed by atoms with van der Waals surface area (Å²) in [6.07, 6.45) is 0. The van der Waals surface area contributed by atoms with Crippen molar-refractivity contribution in [2.45, 2.75) is 13.1 Å². The number of rotatable bonds is 6. The van der Waals surface area contributed by atoms with Crippen molar-refractivity contribution in [2.75, 3.05) is 0 Å². The van der Waals surface area contributed by atoms with Gasteiger partial charge in [-0.05, 0) is 27.3 Å². The monoisotopic (exact) mass is 409 g/mol. The van der Waals surface area contributed by atoms with Crippen LogP contribution >= 0.6 is 0 Å². The van der Waals surface area contributed by atoms with Crippen LogP contribution in [0.2, 0.25) is 0 Å². The second-order valence-corrected chi connectivity index (χ2v) is 6.99. The predicted molar refractivity (Wildman–Crippen MR) is 120 cm³/mol. The molecule has 152 valence electrons. The number of hydrogen-bond acceptors (Lipinski definition) is 3. The molecule has 0 radical (unpaired) electrons. The maximum absolute atomic E-state index is 13.5. The minimum atomic E-state index is -0.528. The van der Waals surface area contributed by atoms with Crippen molar-refractivity contribution in [1.82, 2.24) is 9.13 Å². The van der Waals surface area contributed by atoms with Gasteiger partial charge in [-0.25, -0.2) is 4.79 Å². The van der Waals surface area contributed by atoms with Crippen LogP contribution in [0.25, 0.3) is 21.6 Å². The average molecular weight is 409 g/mol. The summed E-state index contributed by atoms with van der Waals surface area (Å²) in [5, 5.41) is 3.78. The molecule has 4 rings (SSSR count). The molecule has 0 aliphatic carbocycles. The van der Waals surface area contributed by atoms with E-state index in [9.17, 15) is 15.1 Å². The molecule has 31 heavy (non-hydrogen) atoms. The summed E-state index contributed by atoms with van der Waals surface area (Å²) < 4.78 is 2.55. The second kappa shape index (κ2) is 8.98. The minimum absolute atomic E-state index is 0.0110. The zero-order chi connectivity index (χ0) is 21.6. The number of benzene rings is 3. The summed E-state index contributed by atoms with van der Waals surface area (Å²) in [7, 11) is 0. The summed E-state index contributed by atoms with van der Waals surface area (Å²) in [5.74, 6) is 0.0110. The quantitative estimate of drug-likeness (QED) is 0.262. The highest BCUT2D eigenvalue weighted by Crippen LogP contribution is 2.26. The molecule has 1 aromatic heterocycles. The summed E-state index contributed by atoms with van der Waals surface area (Å²) in [4.78, 5) is 29.8. The molecule has 0 spiro atoms. The Morgan fingerprint density at radius 3 is 1.71 bits per heavy atom. The molecule has 4 aromatic rings. The molecule has 7 nitrogen and oxygen atoms in total. The first-order chi connectivity index (χ1) is 15.2. The van der Waals surface area contributed by atoms with E-state index in [1.54, 1.807) is 24.3 Å². The largest absolute Gasteiger partial charge is 0.332 e. The van der Waals surface area contributed by atoms with Gasteiger partial charge in [0.2, 0.25) is 0 Å². The lowest BCUT2D eigenvalue weighted by Crippen LogP contribution is -2.41. The van der Waals surface area contributed by atoms with Gasteiger partial charge in [0.15, 0.2) is 0 Å². The van der Waals surface area contributed by atoms with E-state index in [-0.39, 0.29) is 24.5 Å². The van der Waals surface area contributed by atoms with E-state index >= 15 is 0 Å². The molecule has 0 saturated carbocycles. The smallest absolute Gasteiger partial charge is 0.286 e. The lowest BCUT2D eigenvalue weighted by molar-refractivity contribution is 0.617. The van der Waals surface area contributed by atoms with Crippen LogP contribution in [0.5, 0.6) is 0 Å². The maximum Gasteiger partial charge on any atom is 0.332 e. The molecule has 0 fully saturated rings. The van der Waals surface area contributed by atoms with Crippen molar-refractivity contribution in [3.8, 4) is 11.1 Å². The normalized spacial score (nSPS) is 10.5. The Morgan fingerprint density at radius 1 is 0.710 bits per heavy atom. The third-order valence-electron chi connectivity index (χ3n) is 4.97. The topological polar surface area (TPSA) is 92.8 Å². The van der Waals surface area contributed by atoms with Gasteiger partial charge in [-0.3, -0.25) is 13.9 Å². The van der Waals surface area contributed by atoms with Gasteiger partial charge in [0, 0.05) is 4.91 Å². The van der Waals surface area contributed by atoms with Gasteiger partial charge in [-0.2, -0.15) is 0 Å². The lowest BCUT2D eigenvalue weighted by Gasteiger charge is -2.17. The van der Waals surface area contributed by atoms with E-state index in [1.807, 2.05) is 66.7 Å². The van der Waals surface area contributed by atoms with Crippen LogP contribution in [0.1, 0.15) is 11.1 Å². The van der Waals surface area contributed by atoms with E-state index in [2.05, 4.69) is 10.0 Å². The van der Waals surface area contributed by atoms with Crippen LogP contribution in [0.3, 0.4) is 0 Å². The molecule has 1 heterocycles. The summed E-state index contributed by atoms with van der Waals surface area (Å²) in [6.45, 7) is 0.284. The number of hydrogen-bond donors (Lipinski definition) is 0. The molecule has 0 unspecified atom stereocenters. The maximum atomic E-state index is 13.5. The molecule has 0 N–H and O–H groups in total. The molecular weight excluding hydrogens is 390 g/mol. The van der Waals surface area contributed by atoms with E-state index in [0.717, 1.165) is 11.1 Å². The van der Waals surface area contributed by atoms with Gasteiger partial charge in [0.05, 0.1) is 18.7 Å². The van der Waals surface area contributed by atoms with E-state index in [1.165, 1.54) is 9.13 Å². The van der Waals surface area contributed by atoms with Gasteiger partial charge >= 0.3 is 5.69 Å². The third-order valence-corrected chi connectivity index (χ3v) is 4.97. The Balaban J connectivity index is 2.02. The van der Waals surface area contributed by atoms with Crippen molar-refractivity contribution in [1.29, 1.82) is 0 Å². The number of nitrogens with zero attached hydrogens (tertiary/aromatic N) is 5. The minimum Gasteiger partial charge on any atom is -0.286 e. The summed E-state index contributed by atoms with van der Waals surface area (Å²) >= 11 is 0. The average Bonchev–Trinajstić information content (AvgIpc) is 2.81. The summed E-state index contributed by atoms with van der Waals surface area (Å²) in [5.41, 5.74) is 10.6. The SMILES string of the molecule is [N-]=[N+]=Nc1c(-c2ccccc2)c(=O)n(Cc2ccccc2)c(=O)n1Cc1ccccc1. The molecular formula is C24H19N5O2. The second-order valence-electron chi connectivity index (χ2n) is 6.99. The fraction of sp³-hybridized carbons (Fsp3) is 0.0833. The fourth-order valence-corrected chi connectivity index (χ4v) is 3.51. The zero-order valence-electron chi connectivity index (χ0n) is 16.6. The van der Waals surface area contributed by atoms with Crippen LogP contribution in [0.4, 0.5) is 5.82 Å². The van der Waals surface area contributed by atoms with Crippen molar-refractivity contribution in [3.63, 3.8) is 0 Å². The molecule has 7 heteroatoms. The molecule has 0 bridgehead atoms. The molecule has 0 atom stereocenters. The molecule has 0 amide bonds. The Bertz CT molecular complexity index is 1350. The predicted octanol–water partition coefficient (Wildman–Crippen LogP) is 4.72. The standard InChI is InChI=1S/C24H19N5O2/c25-27-26-22-21(20-14-8-3-9-15-20)23(30)29(17-19-12-6-2-7-13-19)24(31)28(22)16-18-10-4-1-5-11-18/h1-15H,16-17H2. The van der Waals surface area contributed by atoms with E-state index in [0.29, 0.717) is 5.56 Å². The zero-order valence-corrected chi connectivity index (χ0v) is 16.6. The fourth-order valence-electron chi connectivity index (χ4n) is 3.51. The Morgan fingerprint density at radius 2 is 1.19 bits per heavy atom. The lowest BCUT2D eigenvalue weighted by atomic mass is 10.1. The van der Waals surface area contributed by atoms with Crippen LogP contribution in [-0.4, -0.2) is 9.13 Å². The highest BCUT2D eigenvalue weighted by atomic mass is 16.2. The van der Waals surface area contributed by atoms with Crippen molar-refractivity contribution in [2.24, 2.45) is 5.11 Å². The molecule has 0 aliphatic heterocycles. The number of aromatic nitrogens is 2. The molecule has 3 aromatic carbocycles. The van der Waals surface area contributed by atoms with Gasteiger partial charge < -0.3 is 0 Å². The van der Waals surface area contributed by atoms with Crippen molar-refractivity contribution < 1.29 is 0 Å². The van der Waals surface area contributed by atoms with Crippen molar-refractivity contribution in [3.05, 3.63) is 133 Å². The van der Waals surface area contributed by atoms with Crippen LogP contribution in [-0.2, 0) is 13.1 Å². The number of azide groups is 1. The first-order valence-electron chi connectivity index (χ1n) is 9.75. The molecule has 0 saturated heterocycles. The van der Waals surface area contributed by atoms with Crippen LogP contribution in [0, 0.1) is 0 Å². The Kier molecular flexibility index (Phi) is 5.78. The highest BCUT2D eigenvalue weighted by Gasteiger charge is 2.20. The summed E-state index contributed by atoms with van der Waals surface area (Å²) in [6, 6.07) is 27.6. The van der Waals surface area contributed by atoms with Crippen LogP contribution < -0.4 is 11.2 Å².